The van der Waals surface area contributed by atoms with Gasteiger partial charge in [0.05, 0.1) is 34.0 Å². The average Bonchev–Trinajstić information content (AvgIpc) is 3.95. The Morgan fingerprint density at radius 3 is 2.52 bits per heavy atom. The Morgan fingerprint density at radius 2 is 1.75 bits per heavy atom. The number of Topliss-reactive ketones (excluding diaryl/α,β-unsaturated/α-hetero) is 1. The zero-order valence-corrected chi connectivity index (χ0v) is 37.9. The van der Waals surface area contributed by atoms with Crippen molar-refractivity contribution in [3.63, 3.8) is 0 Å². The highest BCUT2D eigenvalue weighted by Gasteiger charge is 2.48. The van der Waals surface area contributed by atoms with Crippen LogP contribution in [0.5, 0.6) is 0 Å². The second-order valence-corrected chi connectivity index (χ2v) is 21.8. The van der Waals surface area contributed by atoms with Crippen LogP contribution in [0.1, 0.15) is 38.4 Å². The van der Waals surface area contributed by atoms with Crippen LogP contribution in [-0.2, 0) is 37.4 Å². The van der Waals surface area contributed by atoms with E-state index < -0.39 is 58.2 Å². The highest BCUT2D eigenvalue weighted by Crippen LogP contribution is 2.37. The number of carbonyl (C=O) groups is 2. The number of rotatable bonds is 16. The molecule has 0 saturated carbocycles. The molecule has 14 nitrogen and oxygen atoms in total. The third-order valence-electron chi connectivity index (χ3n) is 10.7. The van der Waals surface area contributed by atoms with E-state index in [4.69, 9.17) is 4.74 Å². The van der Waals surface area contributed by atoms with Crippen molar-refractivity contribution in [1.29, 1.82) is 0 Å². The number of nitrogens with one attached hydrogen (secondary N) is 2. The highest BCUT2D eigenvalue weighted by atomic mass is 32.2. The summed E-state index contributed by atoms with van der Waals surface area (Å²) in [6.45, 7) is 3.70. The van der Waals surface area contributed by atoms with Gasteiger partial charge in [-0.3, -0.25) is 24.8 Å². The fourth-order valence-corrected chi connectivity index (χ4v) is 12.2. The number of sulfone groups is 2. The molecule has 5 heterocycles. The van der Waals surface area contributed by atoms with E-state index in [2.05, 4.69) is 30.5 Å². The van der Waals surface area contributed by atoms with E-state index in [-0.39, 0.29) is 18.1 Å². The Kier molecular flexibility index (Phi) is 13.7. The molecule has 3 aromatic carbocycles. The molecule has 2 aliphatic rings. The Morgan fingerprint density at radius 1 is 0.953 bits per heavy atom. The monoisotopic (exact) mass is 971 g/mol. The van der Waals surface area contributed by atoms with Crippen molar-refractivity contribution in [2.24, 2.45) is 0 Å². The second-order valence-electron chi connectivity index (χ2n) is 14.9. The number of fused-ring (bicyclic) bond motifs is 2. The van der Waals surface area contributed by atoms with Gasteiger partial charge in [0.1, 0.15) is 16.3 Å². The lowest BCUT2D eigenvalue weighted by atomic mass is 9.94. The van der Waals surface area contributed by atoms with Crippen LogP contribution in [0, 0.1) is 0 Å². The number of thiazole rings is 2. The lowest BCUT2D eigenvalue weighted by Gasteiger charge is -2.29. The van der Waals surface area contributed by atoms with Crippen LogP contribution in [0.25, 0.3) is 10.2 Å². The van der Waals surface area contributed by atoms with Gasteiger partial charge in [0.2, 0.25) is 0 Å². The van der Waals surface area contributed by atoms with Gasteiger partial charge >= 0.3 is 5.51 Å². The fraction of sp³-hybridized carbons (Fsp3) is 0.310. The molecule has 0 unspecified atom stereocenters. The van der Waals surface area contributed by atoms with Crippen LogP contribution >= 0.6 is 34.4 Å². The smallest absolute Gasteiger partial charge is 0.380 e. The van der Waals surface area contributed by atoms with E-state index in [0.717, 1.165) is 44.2 Å². The highest BCUT2D eigenvalue weighted by molar-refractivity contribution is 7.99. The Labute approximate surface area is 379 Å². The van der Waals surface area contributed by atoms with Gasteiger partial charge in [0, 0.05) is 72.8 Å². The van der Waals surface area contributed by atoms with Crippen molar-refractivity contribution in [2.45, 2.75) is 45.6 Å². The topological polar surface area (TPSA) is 181 Å². The first-order valence-corrected chi connectivity index (χ1v) is 25.8. The number of ether oxygens (including phenoxy) is 1. The standard InChI is InChI=1S/C42H40F3N7O7S5/c43-42(44,45)64(57,58)38-21-30(9-10-34(38)47-28(13-15-51-17-19-59-20-18-51)24-60-29-6-2-1-3-7-29)63(55,56)26-36(53)35-25-61-41(49-35)52-16-12-27-5-4-8-31(32(27)23-52)39(54)50-40-48-33-11-14-46-22-37(33)62-40/h1-11,14,21-22,25,28,47H,12-13,15-20,23-24,26H2,(H,48,50,54)/t28-/m1/s1. The van der Waals surface area contributed by atoms with E-state index in [9.17, 15) is 39.6 Å². The van der Waals surface area contributed by atoms with Crippen LogP contribution in [0.15, 0.2) is 105 Å². The van der Waals surface area contributed by atoms with Gasteiger partial charge in [-0.1, -0.05) is 41.7 Å². The zero-order chi connectivity index (χ0) is 45.1. The summed E-state index contributed by atoms with van der Waals surface area (Å²) in [6.07, 6.45) is 4.27. The lowest BCUT2D eigenvalue weighted by Crippen LogP contribution is -2.39. The molecule has 3 aromatic heterocycles. The summed E-state index contributed by atoms with van der Waals surface area (Å²) >= 11 is 3.83. The minimum Gasteiger partial charge on any atom is -0.380 e. The molecule has 6 aromatic rings. The molecule has 0 spiro atoms. The maximum Gasteiger partial charge on any atom is 0.501 e. The molecule has 0 aliphatic carbocycles. The summed E-state index contributed by atoms with van der Waals surface area (Å²) in [5.41, 5.74) is -3.51. The van der Waals surface area contributed by atoms with Gasteiger partial charge in [0.25, 0.3) is 15.7 Å². The molecule has 1 atom stereocenters. The largest absolute Gasteiger partial charge is 0.501 e. The number of hydrogen-bond donors (Lipinski definition) is 2. The molecule has 1 saturated heterocycles. The van der Waals surface area contributed by atoms with Gasteiger partial charge in [-0.25, -0.2) is 26.8 Å². The summed E-state index contributed by atoms with van der Waals surface area (Å²) in [7, 11) is -10.8. The minimum atomic E-state index is -6.07. The van der Waals surface area contributed by atoms with Gasteiger partial charge in [-0.15, -0.1) is 23.1 Å². The Hall–Kier alpha value is -4.97. The number of halogens is 3. The van der Waals surface area contributed by atoms with Crippen LogP contribution in [0.2, 0.25) is 0 Å². The molecule has 0 radical (unpaired) electrons. The van der Waals surface area contributed by atoms with E-state index in [1.165, 1.54) is 28.5 Å². The van der Waals surface area contributed by atoms with Crippen molar-refractivity contribution in [2.75, 3.05) is 66.4 Å². The maximum atomic E-state index is 14.2. The first-order valence-electron chi connectivity index (χ1n) is 19.9. The van der Waals surface area contributed by atoms with Crippen LogP contribution < -0.4 is 15.5 Å². The third-order valence-corrected chi connectivity index (χ3v) is 16.8. The number of aromatic nitrogens is 3. The molecule has 2 aliphatic heterocycles. The first kappa shape index (κ1) is 45.6. The first-order chi connectivity index (χ1) is 30.6. The quantitative estimate of drug-likeness (QED) is 0.0734. The third kappa shape index (κ3) is 10.4. The number of thioether (sulfide) groups is 1. The number of carbonyl (C=O) groups excluding carboxylic acids is 2. The summed E-state index contributed by atoms with van der Waals surface area (Å²) in [5, 5.41) is 8.06. The molecule has 8 rings (SSSR count). The van der Waals surface area contributed by atoms with E-state index >= 15 is 0 Å². The molecular formula is C42H40F3N7O7S5. The van der Waals surface area contributed by atoms with Crippen molar-refractivity contribution in [1.82, 2.24) is 19.9 Å². The second kappa shape index (κ2) is 19.2. The average molecular weight is 972 g/mol. The number of alkyl halides is 3. The lowest BCUT2D eigenvalue weighted by molar-refractivity contribution is -0.0435. The summed E-state index contributed by atoms with van der Waals surface area (Å²) in [6, 6.07) is 18.4. The maximum absolute atomic E-state index is 14.2. The Balaban J connectivity index is 0.984. The number of nitrogens with zero attached hydrogens (tertiary/aromatic N) is 5. The van der Waals surface area contributed by atoms with Gasteiger partial charge in [-0.2, -0.15) is 13.2 Å². The predicted octanol–water partition coefficient (Wildman–Crippen LogP) is 7.21. The molecule has 1 fully saturated rings. The van der Waals surface area contributed by atoms with Crippen LogP contribution in [0.3, 0.4) is 0 Å². The van der Waals surface area contributed by atoms with Crippen molar-refractivity contribution < 1.29 is 44.3 Å². The number of anilines is 3. The zero-order valence-electron chi connectivity index (χ0n) is 33.8. The summed E-state index contributed by atoms with van der Waals surface area (Å²) in [5.74, 6) is -2.12. The molecule has 0 bridgehead atoms. The number of benzene rings is 3. The van der Waals surface area contributed by atoms with Gasteiger partial charge in [-0.05, 0) is 66.4 Å². The van der Waals surface area contributed by atoms with Crippen molar-refractivity contribution >= 4 is 92.0 Å². The number of hydrogen-bond acceptors (Lipinski definition) is 16. The normalized spacial score (nSPS) is 15.5. The molecule has 2 N–H and O–H groups in total. The van der Waals surface area contributed by atoms with Crippen molar-refractivity contribution in [3.05, 3.63) is 113 Å². The van der Waals surface area contributed by atoms with E-state index in [1.54, 1.807) is 30.6 Å². The Bertz CT molecular complexity index is 2860. The van der Waals surface area contributed by atoms with Crippen LogP contribution in [-0.4, -0.2) is 111 Å². The number of amides is 1. The molecule has 336 valence electrons. The number of morpholine rings is 1. The predicted molar refractivity (Wildman–Crippen MR) is 241 cm³/mol. The van der Waals surface area contributed by atoms with E-state index in [0.29, 0.717) is 85.4 Å². The van der Waals surface area contributed by atoms with E-state index in [1.807, 2.05) is 41.3 Å². The summed E-state index contributed by atoms with van der Waals surface area (Å²) in [4.78, 5) is 42.9. The molecule has 1 amide bonds. The number of ketones is 1. The SMILES string of the molecule is O=C(CS(=O)(=O)c1ccc(N[C@H](CCN2CCOCC2)CSc2ccccc2)c(S(=O)(=O)C(F)(F)F)c1)c1csc(N2CCc3cccc(C(=O)Nc4nc5ccncc5s4)c3C2)n1. The molecular weight excluding hydrogens is 932 g/mol. The van der Waals surface area contributed by atoms with Gasteiger partial charge < -0.3 is 15.0 Å². The minimum absolute atomic E-state index is 0.189. The van der Waals surface area contributed by atoms with Gasteiger partial charge in [0.15, 0.2) is 25.9 Å². The molecule has 64 heavy (non-hydrogen) atoms. The summed E-state index contributed by atoms with van der Waals surface area (Å²) < 4.78 is 102. The molecule has 22 heteroatoms. The van der Waals surface area contributed by atoms with Crippen LogP contribution in [0.4, 0.5) is 29.1 Å². The fourth-order valence-electron chi connectivity index (χ4n) is 7.28. The van der Waals surface area contributed by atoms with Crippen molar-refractivity contribution in [3.8, 4) is 0 Å². The number of pyridine rings is 1.